The highest BCUT2D eigenvalue weighted by Gasteiger charge is 2.61. The lowest BCUT2D eigenvalue weighted by atomic mass is 10.0. The van der Waals surface area contributed by atoms with Gasteiger partial charge in [-0.05, 0) is 41.3 Å². The second-order valence-corrected chi connectivity index (χ2v) is 9.59. The summed E-state index contributed by atoms with van der Waals surface area (Å²) in [7, 11) is -3.83. The van der Waals surface area contributed by atoms with E-state index in [1.165, 1.54) is 12.1 Å². The zero-order valence-electron chi connectivity index (χ0n) is 16.3. The molecule has 1 heterocycles. The van der Waals surface area contributed by atoms with Crippen LogP contribution in [-0.2, 0) is 16.2 Å². The smallest absolute Gasteiger partial charge is 0.417 e. The van der Waals surface area contributed by atoms with E-state index in [1.54, 1.807) is 12.1 Å². The van der Waals surface area contributed by atoms with Crippen LogP contribution in [-0.4, -0.2) is 18.6 Å². The molecule has 31 heavy (non-hydrogen) atoms. The minimum absolute atomic E-state index is 0.0304. The summed E-state index contributed by atoms with van der Waals surface area (Å²) in [6.45, 7) is 3.84. The molecule has 0 bridgehead atoms. The minimum atomic E-state index is -4.72. The van der Waals surface area contributed by atoms with E-state index >= 15 is 0 Å². The summed E-state index contributed by atoms with van der Waals surface area (Å²) in [5.74, 6) is -1.60. The average Bonchev–Trinajstić information content (AvgIpc) is 3.00. The second-order valence-electron chi connectivity index (χ2n) is 8.02. The Bertz CT molecular complexity index is 1250. The van der Waals surface area contributed by atoms with Gasteiger partial charge < -0.3 is 4.42 Å². The van der Waals surface area contributed by atoms with Crippen molar-refractivity contribution in [3.63, 3.8) is 0 Å². The fourth-order valence-electron chi connectivity index (χ4n) is 4.00. The Labute approximate surface area is 175 Å². The summed E-state index contributed by atoms with van der Waals surface area (Å²) in [5.41, 5.74) is -1.18. The number of hydrogen-bond donors (Lipinski definition) is 1. The van der Waals surface area contributed by atoms with Crippen LogP contribution in [0.1, 0.15) is 42.7 Å². The van der Waals surface area contributed by atoms with Gasteiger partial charge >= 0.3 is 6.18 Å². The van der Waals surface area contributed by atoms with E-state index in [0.717, 1.165) is 11.6 Å². The van der Waals surface area contributed by atoms with E-state index in [1.807, 2.05) is 13.8 Å². The van der Waals surface area contributed by atoms with Crippen LogP contribution in [0.25, 0.3) is 11.5 Å². The quantitative estimate of drug-likeness (QED) is 0.586. The van der Waals surface area contributed by atoms with Crippen molar-refractivity contribution in [2.75, 3.05) is 0 Å². The lowest BCUT2D eigenvalue weighted by Crippen LogP contribution is -2.11. The van der Waals surface area contributed by atoms with Crippen molar-refractivity contribution in [2.45, 2.75) is 36.8 Å². The molecule has 1 fully saturated rings. The Morgan fingerprint density at radius 3 is 2.26 bits per heavy atom. The third kappa shape index (κ3) is 3.83. The molecule has 0 radical (unpaired) electrons. The molecule has 1 aliphatic carbocycles. The van der Waals surface area contributed by atoms with Gasteiger partial charge in [0.15, 0.2) is 0 Å². The number of hydrogen-bond acceptors (Lipinski definition) is 5. The standard InChI is InChI=1S/C20H17F4N3O3S/c1-19(2)15(10-3-6-12(7-4-10)31(25,28)29)16(19)18-27-26-17(30-18)13-9-11(21)5-8-14(13)20(22,23)24/h3-9,15-16H,1-2H3,(H2,25,28,29)/t15-,16+/m0/s1. The molecule has 0 saturated heterocycles. The highest BCUT2D eigenvalue weighted by molar-refractivity contribution is 7.89. The van der Waals surface area contributed by atoms with Crippen molar-refractivity contribution in [3.8, 4) is 11.5 Å². The van der Waals surface area contributed by atoms with Crippen molar-refractivity contribution in [3.05, 3.63) is 65.3 Å². The van der Waals surface area contributed by atoms with Crippen molar-refractivity contribution in [2.24, 2.45) is 10.6 Å². The molecule has 2 atom stereocenters. The Morgan fingerprint density at radius 2 is 1.68 bits per heavy atom. The van der Waals surface area contributed by atoms with Gasteiger partial charge in [-0.3, -0.25) is 0 Å². The molecule has 1 aliphatic rings. The third-order valence-corrected chi connectivity index (χ3v) is 6.55. The number of primary sulfonamides is 1. The number of alkyl halides is 3. The Morgan fingerprint density at radius 1 is 1.03 bits per heavy atom. The summed E-state index contributed by atoms with van der Waals surface area (Å²) in [6, 6.07) is 8.08. The van der Waals surface area contributed by atoms with Crippen LogP contribution >= 0.6 is 0 Å². The van der Waals surface area contributed by atoms with Crippen LogP contribution in [0.15, 0.2) is 51.8 Å². The van der Waals surface area contributed by atoms with Crippen molar-refractivity contribution in [1.82, 2.24) is 10.2 Å². The second kappa shape index (κ2) is 6.86. The average molecular weight is 455 g/mol. The molecule has 1 aromatic heterocycles. The van der Waals surface area contributed by atoms with Gasteiger partial charge in [0.1, 0.15) is 5.82 Å². The van der Waals surface area contributed by atoms with Crippen LogP contribution < -0.4 is 5.14 Å². The predicted octanol–water partition coefficient (Wildman–Crippen LogP) is 4.45. The van der Waals surface area contributed by atoms with Gasteiger partial charge in [0.2, 0.25) is 21.8 Å². The fraction of sp³-hybridized carbons (Fsp3) is 0.300. The predicted molar refractivity (Wildman–Crippen MR) is 102 cm³/mol. The summed E-state index contributed by atoms with van der Waals surface area (Å²) < 4.78 is 81.9. The molecule has 1 saturated carbocycles. The molecule has 0 spiro atoms. The molecular weight excluding hydrogens is 438 g/mol. The number of sulfonamides is 1. The van der Waals surface area contributed by atoms with E-state index in [9.17, 15) is 26.0 Å². The lowest BCUT2D eigenvalue weighted by molar-refractivity contribution is -0.137. The zero-order valence-corrected chi connectivity index (χ0v) is 17.1. The largest absolute Gasteiger partial charge is 0.420 e. The van der Waals surface area contributed by atoms with E-state index in [-0.39, 0.29) is 28.0 Å². The highest BCUT2D eigenvalue weighted by atomic mass is 32.2. The van der Waals surface area contributed by atoms with Gasteiger partial charge in [0.25, 0.3) is 0 Å². The first-order valence-corrected chi connectivity index (χ1v) is 10.7. The van der Waals surface area contributed by atoms with E-state index < -0.39 is 39.0 Å². The van der Waals surface area contributed by atoms with Gasteiger partial charge in [0, 0.05) is 5.92 Å². The number of nitrogens with two attached hydrogens (primary N) is 1. The summed E-state index contributed by atoms with van der Waals surface area (Å²) >= 11 is 0. The van der Waals surface area contributed by atoms with Crippen LogP contribution in [0.5, 0.6) is 0 Å². The van der Waals surface area contributed by atoms with Gasteiger partial charge in [-0.25, -0.2) is 17.9 Å². The summed E-state index contributed by atoms with van der Waals surface area (Å²) in [4.78, 5) is -0.0304. The zero-order chi connectivity index (χ0) is 22.8. The van der Waals surface area contributed by atoms with Gasteiger partial charge in [-0.1, -0.05) is 26.0 Å². The van der Waals surface area contributed by atoms with Gasteiger partial charge in [-0.15, -0.1) is 10.2 Å². The first-order valence-electron chi connectivity index (χ1n) is 9.13. The first kappa shape index (κ1) is 21.4. The maximum Gasteiger partial charge on any atom is 0.417 e. The topological polar surface area (TPSA) is 99.1 Å². The van der Waals surface area contributed by atoms with Crippen LogP contribution in [0, 0.1) is 11.2 Å². The van der Waals surface area contributed by atoms with Gasteiger partial charge in [-0.2, -0.15) is 13.2 Å². The Kier molecular flexibility index (Phi) is 4.74. The third-order valence-electron chi connectivity index (χ3n) is 5.62. The summed E-state index contributed by atoms with van der Waals surface area (Å²) in [6.07, 6.45) is -4.72. The molecule has 164 valence electrons. The number of halogens is 4. The van der Waals surface area contributed by atoms with Crippen LogP contribution in [0.4, 0.5) is 17.6 Å². The maximum atomic E-state index is 13.6. The Balaban J connectivity index is 1.67. The molecule has 4 rings (SSSR count). The molecule has 6 nitrogen and oxygen atoms in total. The monoisotopic (exact) mass is 455 g/mol. The number of benzene rings is 2. The maximum absolute atomic E-state index is 13.6. The summed E-state index contributed by atoms with van der Waals surface area (Å²) in [5, 5.41) is 12.8. The molecule has 0 unspecified atom stereocenters. The molecule has 3 aromatic rings. The van der Waals surface area contributed by atoms with Crippen LogP contribution in [0.2, 0.25) is 0 Å². The first-order chi connectivity index (χ1) is 14.3. The molecular formula is C20H17F4N3O3S. The molecule has 0 amide bonds. The van der Waals surface area contributed by atoms with E-state index in [2.05, 4.69) is 10.2 Å². The molecule has 0 aliphatic heterocycles. The normalized spacial score (nSPS) is 20.6. The van der Waals surface area contributed by atoms with Crippen molar-refractivity contribution < 1.29 is 30.4 Å². The fourth-order valence-corrected chi connectivity index (χ4v) is 4.51. The van der Waals surface area contributed by atoms with Crippen molar-refractivity contribution >= 4 is 10.0 Å². The Hall–Kier alpha value is -2.79. The van der Waals surface area contributed by atoms with Crippen LogP contribution in [0.3, 0.4) is 0 Å². The number of rotatable bonds is 4. The minimum Gasteiger partial charge on any atom is -0.420 e. The number of aromatic nitrogens is 2. The SMILES string of the molecule is CC1(C)[C@@H](c2ccc(S(N)(=O)=O)cc2)[C@@H]1c1nnc(-c2cc(F)ccc2C(F)(F)F)o1. The van der Waals surface area contributed by atoms with E-state index in [4.69, 9.17) is 9.56 Å². The molecule has 11 heteroatoms. The van der Waals surface area contributed by atoms with Crippen molar-refractivity contribution in [1.29, 1.82) is 0 Å². The lowest BCUT2D eigenvalue weighted by Gasteiger charge is -2.10. The molecule has 2 N–H and O–H groups in total. The number of nitrogens with zero attached hydrogens (tertiary/aromatic N) is 2. The molecule has 2 aromatic carbocycles. The highest BCUT2D eigenvalue weighted by Crippen LogP contribution is 2.69. The van der Waals surface area contributed by atoms with Gasteiger partial charge in [0.05, 0.1) is 21.9 Å². The van der Waals surface area contributed by atoms with E-state index in [0.29, 0.717) is 12.1 Å².